The van der Waals surface area contributed by atoms with Crippen molar-refractivity contribution in [3.63, 3.8) is 0 Å². The molecule has 444 valence electrons. The van der Waals surface area contributed by atoms with E-state index < -0.39 is 0 Å². The van der Waals surface area contributed by atoms with Crippen LogP contribution in [0, 0.1) is 20.2 Å². The normalized spacial score (nSPS) is 10.9. The monoisotopic (exact) mass is 1190 g/mol. The van der Waals surface area contributed by atoms with Crippen molar-refractivity contribution in [1.29, 1.82) is 0 Å². The minimum atomic E-state index is -0.382. The summed E-state index contributed by atoms with van der Waals surface area (Å²) in [4.78, 5) is 30.2. The molecule has 0 saturated carbocycles. The van der Waals surface area contributed by atoms with Crippen molar-refractivity contribution in [2.24, 2.45) is 0 Å². The van der Waals surface area contributed by atoms with Crippen LogP contribution in [0.3, 0.4) is 0 Å². The molecule has 10 heteroatoms. The standard InChI is InChI=1S/2C41H31N3O2/c1-42(37-15-9-17-39(29-37)44(45)46)35-24-20-31(21-25-35)32-22-26-36(27-23-32)43(41-19-8-13-33-12-5-6-18-40(33)41)38-16-7-14-34(28-38)30-10-3-2-4-11-30;1-42(36-25-27-38(28-26-36)44(45)46)35-21-17-31(18-22-35)32-19-23-37(24-20-32)43(41-16-8-12-33-11-5-6-15-40(33)41)39-14-7-13-34(29-39)30-9-3-2-4-10-30/h2*2-29H,1H3. The van der Waals surface area contributed by atoms with E-state index >= 15 is 0 Å². The van der Waals surface area contributed by atoms with Crippen molar-refractivity contribution >= 4 is 89.8 Å². The highest BCUT2D eigenvalue weighted by molar-refractivity contribution is 6.01. The lowest BCUT2D eigenvalue weighted by atomic mass is 10.0. The fourth-order valence-electron chi connectivity index (χ4n) is 11.8. The van der Waals surface area contributed by atoms with Gasteiger partial charge in [-0.15, -0.1) is 0 Å². The lowest BCUT2D eigenvalue weighted by Gasteiger charge is -2.27. The number of rotatable bonds is 16. The molecular weight excluding hydrogens is 1130 g/mol. The molecule has 0 N–H and O–H groups in total. The van der Waals surface area contributed by atoms with Crippen LogP contribution in [0.5, 0.6) is 0 Å². The number of nitro groups is 2. The van der Waals surface area contributed by atoms with Crippen LogP contribution in [0.1, 0.15) is 0 Å². The summed E-state index contributed by atoms with van der Waals surface area (Å²) in [6, 6.07) is 116. The van der Waals surface area contributed by atoms with Gasteiger partial charge in [0.05, 0.1) is 21.2 Å². The summed E-state index contributed by atoms with van der Waals surface area (Å²) < 4.78 is 0. The molecule has 14 aromatic carbocycles. The average Bonchev–Trinajstić information content (AvgIpc) is 0.948. The summed E-state index contributed by atoms with van der Waals surface area (Å²) >= 11 is 0. The predicted molar refractivity (Wildman–Crippen MR) is 381 cm³/mol. The third kappa shape index (κ3) is 12.7. The number of non-ortho nitro benzene ring substituents is 2. The van der Waals surface area contributed by atoms with Gasteiger partial charge in [0.15, 0.2) is 0 Å². The lowest BCUT2D eigenvalue weighted by molar-refractivity contribution is -0.385. The molecular formula is C82H62N6O4. The highest BCUT2D eigenvalue weighted by Gasteiger charge is 2.20. The zero-order valence-electron chi connectivity index (χ0n) is 50.6. The third-order valence-corrected chi connectivity index (χ3v) is 16.7. The first kappa shape index (κ1) is 58.6. The number of nitro benzene ring substituents is 2. The Morgan fingerprint density at radius 2 is 0.543 bits per heavy atom. The number of nitrogens with zero attached hydrogens (tertiary/aromatic N) is 6. The second-order valence-corrected chi connectivity index (χ2v) is 22.4. The van der Waals surface area contributed by atoms with Crippen LogP contribution in [0.25, 0.3) is 66.1 Å². The molecule has 10 nitrogen and oxygen atoms in total. The van der Waals surface area contributed by atoms with Crippen molar-refractivity contribution in [3.8, 4) is 44.5 Å². The fourth-order valence-corrected chi connectivity index (χ4v) is 11.8. The largest absolute Gasteiger partial charge is 0.345 e. The predicted octanol–water partition coefficient (Wildman–Crippen LogP) is 22.6. The molecule has 0 aliphatic carbocycles. The zero-order valence-corrected chi connectivity index (χ0v) is 50.6. The van der Waals surface area contributed by atoms with Gasteiger partial charge in [-0.2, -0.15) is 0 Å². The quantitative estimate of drug-likeness (QED) is 0.0697. The Labute approximate surface area is 535 Å². The smallest absolute Gasteiger partial charge is 0.271 e. The Balaban J connectivity index is 0.000000168. The van der Waals surface area contributed by atoms with Crippen LogP contribution < -0.4 is 19.6 Å². The van der Waals surface area contributed by atoms with Gasteiger partial charge in [-0.1, -0.05) is 212 Å². The zero-order chi connectivity index (χ0) is 62.9. The molecule has 0 radical (unpaired) electrons. The average molecular weight is 1200 g/mol. The summed E-state index contributed by atoms with van der Waals surface area (Å²) in [7, 11) is 3.87. The summed E-state index contributed by atoms with van der Waals surface area (Å²) in [5, 5.41) is 27.0. The maximum atomic E-state index is 11.3. The Morgan fingerprint density at radius 3 is 0.957 bits per heavy atom. The van der Waals surface area contributed by atoms with Crippen LogP contribution in [-0.4, -0.2) is 23.9 Å². The second-order valence-electron chi connectivity index (χ2n) is 22.4. The maximum absolute atomic E-state index is 11.3. The second kappa shape index (κ2) is 26.5. The van der Waals surface area contributed by atoms with Gasteiger partial charge in [-0.05, 0) is 158 Å². The van der Waals surface area contributed by atoms with E-state index in [2.05, 4.69) is 277 Å². The lowest BCUT2D eigenvalue weighted by Crippen LogP contribution is -2.10. The van der Waals surface area contributed by atoms with Crippen LogP contribution in [0.4, 0.5) is 68.2 Å². The van der Waals surface area contributed by atoms with Crippen LogP contribution in [-0.2, 0) is 0 Å². The number of hydrogen-bond donors (Lipinski definition) is 0. The van der Waals surface area contributed by atoms with E-state index in [-0.39, 0.29) is 21.2 Å². The Hall–Kier alpha value is -12.4. The molecule has 0 heterocycles. The summed E-state index contributed by atoms with van der Waals surface area (Å²) in [6.45, 7) is 0. The molecule has 0 saturated heterocycles. The Kier molecular flexibility index (Phi) is 16.9. The summed E-state index contributed by atoms with van der Waals surface area (Å²) in [5.41, 5.74) is 19.4. The Bertz CT molecular complexity index is 4880. The molecule has 14 rings (SSSR count). The van der Waals surface area contributed by atoms with Crippen LogP contribution >= 0.6 is 0 Å². The minimum absolute atomic E-state index is 0.0744. The first-order valence-corrected chi connectivity index (χ1v) is 30.3. The maximum Gasteiger partial charge on any atom is 0.271 e. The summed E-state index contributed by atoms with van der Waals surface area (Å²) in [6.07, 6.45) is 0. The van der Waals surface area contributed by atoms with E-state index in [1.165, 1.54) is 56.4 Å². The van der Waals surface area contributed by atoms with E-state index in [0.29, 0.717) is 0 Å². The highest BCUT2D eigenvalue weighted by atomic mass is 16.6. The van der Waals surface area contributed by atoms with Gasteiger partial charge >= 0.3 is 0 Å². The van der Waals surface area contributed by atoms with Crippen molar-refractivity contribution in [3.05, 3.63) is 360 Å². The van der Waals surface area contributed by atoms with Crippen molar-refractivity contribution in [2.45, 2.75) is 0 Å². The highest BCUT2D eigenvalue weighted by Crippen LogP contribution is 2.43. The van der Waals surface area contributed by atoms with Gasteiger partial charge in [0.2, 0.25) is 0 Å². The number of fused-ring (bicyclic) bond motifs is 2. The molecule has 0 amide bonds. The molecule has 0 aliphatic heterocycles. The molecule has 14 aromatic rings. The molecule has 0 spiro atoms. The fraction of sp³-hybridized carbons (Fsp3) is 0.0244. The first-order chi connectivity index (χ1) is 45.1. The van der Waals surface area contributed by atoms with E-state index in [0.717, 1.165) is 84.7 Å². The van der Waals surface area contributed by atoms with E-state index in [9.17, 15) is 20.2 Å². The van der Waals surface area contributed by atoms with Gasteiger partial charge in [0, 0.05) is 94.6 Å². The SMILES string of the molecule is CN(c1ccc(-c2ccc(N(c3cccc(-c4ccccc4)c3)c3cccc4ccccc34)cc2)cc1)c1ccc([N+](=O)[O-])cc1.CN(c1ccc(-c2ccc(N(c3cccc(-c4ccccc4)c3)c3cccc4ccccc34)cc2)cc1)c1cccc([N+](=O)[O-])c1. The van der Waals surface area contributed by atoms with Gasteiger partial charge in [0.25, 0.3) is 11.4 Å². The van der Waals surface area contributed by atoms with Gasteiger partial charge in [-0.3, -0.25) is 20.2 Å². The molecule has 0 aliphatic rings. The van der Waals surface area contributed by atoms with E-state index in [1.54, 1.807) is 24.3 Å². The topological polar surface area (TPSA) is 99.2 Å². The molecule has 0 unspecified atom stereocenters. The minimum Gasteiger partial charge on any atom is -0.345 e. The van der Waals surface area contributed by atoms with Crippen LogP contribution in [0.15, 0.2) is 340 Å². The van der Waals surface area contributed by atoms with Crippen molar-refractivity contribution in [1.82, 2.24) is 0 Å². The van der Waals surface area contributed by atoms with Gasteiger partial charge in [0.1, 0.15) is 0 Å². The number of anilines is 10. The first-order valence-electron chi connectivity index (χ1n) is 30.3. The molecule has 0 bridgehead atoms. The Morgan fingerprint density at radius 1 is 0.239 bits per heavy atom. The van der Waals surface area contributed by atoms with Gasteiger partial charge < -0.3 is 19.6 Å². The molecule has 0 atom stereocenters. The molecule has 0 aromatic heterocycles. The molecule has 92 heavy (non-hydrogen) atoms. The van der Waals surface area contributed by atoms with Gasteiger partial charge in [-0.25, -0.2) is 0 Å². The van der Waals surface area contributed by atoms with Crippen molar-refractivity contribution < 1.29 is 9.85 Å². The van der Waals surface area contributed by atoms with E-state index in [1.807, 2.05) is 54.2 Å². The van der Waals surface area contributed by atoms with E-state index in [4.69, 9.17) is 0 Å². The van der Waals surface area contributed by atoms with Crippen molar-refractivity contribution in [2.75, 3.05) is 33.7 Å². The third-order valence-electron chi connectivity index (χ3n) is 16.7. The van der Waals surface area contributed by atoms with Crippen LogP contribution in [0.2, 0.25) is 0 Å². The summed E-state index contributed by atoms with van der Waals surface area (Å²) in [5.74, 6) is 0. The molecule has 0 fully saturated rings. The number of hydrogen-bond acceptors (Lipinski definition) is 8. The number of benzene rings is 14.